The van der Waals surface area contributed by atoms with E-state index in [-0.39, 0.29) is 25.8 Å². The normalized spacial score (nSPS) is 14.8. The molecule has 1 unspecified atom stereocenters. The number of rotatable bonds is 22. The fourth-order valence-corrected chi connectivity index (χ4v) is 4.21. The van der Waals surface area contributed by atoms with Crippen molar-refractivity contribution in [3.05, 3.63) is 0 Å². The molecule has 0 aliphatic rings. The first-order chi connectivity index (χ1) is 15.1. The Morgan fingerprint density at radius 1 is 0.906 bits per heavy atom. The summed E-state index contributed by atoms with van der Waals surface area (Å²) in [5.41, 5.74) is 0. The Balaban J connectivity index is 3.76. The Hall–Kier alpha value is 0.0500. The second-order valence-electron chi connectivity index (χ2n) is 9.44. The highest BCUT2D eigenvalue weighted by Crippen LogP contribution is 2.57. The molecular formula is C23H49NO6PS+. The van der Waals surface area contributed by atoms with Crippen LogP contribution in [0.4, 0.5) is 0 Å². The Labute approximate surface area is 202 Å². The molecular weight excluding hydrogens is 449 g/mol. The average molecular weight is 499 g/mol. The van der Waals surface area contributed by atoms with Crippen molar-refractivity contribution in [3.63, 3.8) is 0 Å². The van der Waals surface area contributed by atoms with E-state index in [1.54, 1.807) is 0 Å². The molecule has 0 N–H and O–H groups in total. The summed E-state index contributed by atoms with van der Waals surface area (Å²) in [5.74, 6) is -0.240. The van der Waals surface area contributed by atoms with Crippen molar-refractivity contribution in [3.8, 4) is 0 Å². The Morgan fingerprint density at radius 2 is 1.44 bits per heavy atom. The second kappa shape index (κ2) is 19.4. The lowest BCUT2D eigenvalue weighted by Gasteiger charge is -2.26. The smallest absolute Gasteiger partial charge is 0.305 e. The van der Waals surface area contributed by atoms with E-state index in [0.29, 0.717) is 17.4 Å². The average Bonchev–Trinajstić information content (AvgIpc) is 2.71. The number of esters is 1. The van der Waals surface area contributed by atoms with Crippen LogP contribution in [-0.4, -0.2) is 71.2 Å². The Bertz CT molecular complexity index is 462. The molecule has 192 valence electrons. The topological polar surface area (TPSA) is 77.1 Å². The van der Waals surface area contributed by atoms with E-state index in [9.17, 15) is 9.69 Å². The van der Waals surface area contributed by atoms with Gasteiger partial charge in [-0.15, -0.1) is 0 Å². The van der Waals surface area contributed by atoms with Crippen molar-refractivity contribution >= 4 is 25.4 Å². The fourth-order valence-electron chi connectivity index (χ4n) is 3.02. The highest BCUT2D eigenvalue weighted by molar-refractivity contribution is 8.46. The molecule has 7 nitrogen and oxygen atoms in total. The standard InChI is InChI=1S/C23H48NO6PS/c1-6-7-8-9-10-11-12-13-14-15-16-17-23(25)28-20-22(27-5)21-30-31(26,32)29-19-18-24(2,3)4/h22H,6-21H2,1-5H3/p+1/t22-,31?/m1/s1. The van der Waals surface area contributed by atoms with Crippen molar-refractivity contribution in [1.29, 1.82) is 0 Å². The van der Waals surface area contributed by atoms with Crippen LogP contribution in [0.5, 0.6) is 0 Å². The molecule has 32 heavy (non-hydrogen) atoms. The van der Waals surface area contributed by atoms with Gasteiger partial charge in [0, 0.05) is 13.5 Å². The van der Waals surface area contributed by atoms with Crippen molar-refractivity contribution in [2.75, 3.05) is 54.6 Å². The molecule has 0 fully saturated rings. The molecule has 0 saturated carbocycles. The quantitative estimate of drug-likeness (QED) is 0.0748. The number of likely N-dealkylation sites (N-methyl/N-ethyl adjacent to an activating group) is 1. The molecule has 9 heteroatoms. The number of quaternary nitrogens is 1. The zero-order valence-electron chi connectivity index (χ0n) is 21.2. The molecule has 0 radical (unpaired) electrons. The van der Waals surface area contributed by atoms with Gasteiger partial charge in [0.05, 0.1) is 33.4 Å². The third-order valence-corrected chi connectivity index (χ3v) is 6.87. The van der Waals surface area contributed by atoms with E-state index >= 15 is 0 Å². The minimum atomic E-state index is -3.47. The van der Waals surface area contributed by atoms with E-state index < -0.39 is 13.2 Å². The molecule has 0 aromatic heterocycles. The molecule has 0 aliphatic carbocycles. The van der Waals surface area contributed by atoms with Crippen molar-refractivity contribution in [1.82, 2.24) is 0 Å². The second-order valence-corrected chi connectivity index (χ2v) is 12.4. The first-order valence-corrected chi connectivity index (χ1v) is 14.9. The van der Waals surface area contributed by atoms with Gasteiger partial charge in [-0.2, -0.15) is 9.05 Å². The number of unbranched alkanes of at least 4 members (excludes halogenated alkanes) is 10. The molecule has 2 atom stereocenters. The lowest BCUT2D eigenvalue weighted by atomic mass is 10.1. The molecule has 0 saturated heterocycles. The predicted molar refractivity (Wildman–Crippen MR) is 134 cm³/mol. The highest BCUT2D eigenvalue weighted by atomic mass is 32.7. The van der Waals surface area contributed by atoms with Crippen LogP contribution in [0.1, 0.15) is 84.0 Å². The first-order valence-electron chi connectivity index (χ1n) is 12.2. The van der Waals surface area contributed by atoms with Gasteiger partial charge >= 0.3 is 5.97 Å². The third-order valence-electron chi connectivity index (χ3n) is 5.19. The Kier molecular flexibility index (Phi) is 19.4. The molecule has 0 bridgehead atoms. The van der Waals surface area contributed by atoms with Crippen LogP contribution in [0.2, 0.25) is 0 Å². The molecule has 0 amide bonds. The van der Waals surface area contributed by atoms with Crippen LogP contribution in [-0.2, 0) is 23.3 Å². The van der Waals surface area contributed by atoms with E-state index in [1.165, 1.54) is 64.9 Å². The maximum Gasteiger partial charge on any atom is 0.305 e. The highest BCUT2D eigenvalue weighted by Gasteiger charge is 2.28. The van der Waals surface area contributed by atoms with Gasteiger partial charge in [-0.3, -0.25) is 4.79 Å². The molecule has 0 aromatic rings. The predicted octanol–water partition coefficient (Wildman–Crippen LogP) is 4.95. The zero-order chi connectivity index (χ0) is 24.3. The summed E-state index contributed by atoms with van der Waals surface area (Å²) in [7, 11) is 4.06. The van der Waals surface area contributed by atoms with Crippen LogP contribution in [0.25, 0.3) is 0 Å². The van der Waals surface area contributed by atoms with Crippen LogP contribution in [0, 0.1) is 0 Å². The van der Waals surface area contributed by atoms with Crippen LogP contribution >= 0.6 is 19.4 Å². The third kappa shape index (κ3) is 21.9. The van der Waals surface area contributed by atoms with Crippen LogP contribution < -0.4 is 4.89 Å². The van der Waals surface area contributed by atoms with E-state index in [4.69, 9.17) is 18.5 Å². The van der Waals surface area contributed by atoms with Gasteiger partial charge in [0.25, 0.3) is 7.15 Å². The Morgan fingerprint density at radius 3 is 1.94 bits per heavy atom. The lowest BCUT2D eigenvalue weighted by molar-refractivity contribution is -0.870. The van der Waals surface area contributed by atoms with Gasteiger partial charge < -0.3 is 18.9 Å². The molecule has 0 rings (SSSR count). The lowest BCUT2D eigenvalue weighted by Crippen LogP contribution is -2.38. The van der Waals surface area contributed by atoms with Gasteiger partial charge in [-0.1, -0.05) is 71.1 Å². The number of hydrogen-bond acceptors (Lipinski definition) is 7. The maximum atomic E-state index is 12.2. The van der Waals surface area contributed by atoms with Crippen LogP contribution in [0.15, 0.2) is 0 Å². The maximum absolute atomic E-state index is 12.2. The summed E-state index contributed by atoms with van der Waals surface area (Å²) in [6, 6.07) is 0. The number of hydrogen-bond donors (Lipinski definition) is 1. The van der Waals surface area contributed by atoms with Crippen LogP contribution in [0.3, 0.4) is 0 Å². The molecule has 0 aliphatic heterocycles. The summed E-state index contributed by atoms with van der Waals surface area (Å²) in [5, 5.41) is 0. The van der Waals surface area contributed by atoms with Crippen molar-refractivity contribution in [2.24, 2.45) is 0 Å². The SMILES string of the molecule is CCCCCCCCCCCCCC(=O)OC[C@H](CO[P+]([O-])(S)OCC[N+](C)(C)C)OC. The largest absolute Gasteiger partial charge is 0.622 e. The number of nitrogens with zero attached hydrogens (tertiary/aromatic N) is 1. The fraction of sp³-hybridized carbons (Fsp3) is 0.957. The summed E-state index contributed by atoms with van der Waals surface area (Å²) < 4.78 is 21.8. The molecule has 0 heterocycles. The van der Waals surface area contributed by atoms with Gasteiger partial charge in [0.2, 0.25) is 0 Å². The summed E-state index contributed by atoms with van der Waals surface area (Å²) in [6.07, 6.45) is 13.6. The van der Waals surface area contributed by atoms with E-state index in [0.717, 1.165) is 12.8 Å². The zero-order valence-corrected chi connectivity index (χ0v) is 23.0. The molecule has 0 spiro atoms. The monoisotopic (exact) mass is 498 g/mol. The summed E-state index contributed by atoms with van der Waals surface area (Å²) >= 11 is 3.99. The van der Waals surface area contributed by atoms with Gasteiger partial charge in [-0.25, -0.2) is 0 Å². The van der Waals surface area contributed by atoms with E-state index in [2.05, 4.69) is 19.2 Å². The van der Waals surface area contributed by atoms with Gasteiger partial charge in [-0.05, 0) is 6.42 Å². The van der Waals surface area contributed by atoms with Gasteiger partial charge in [0.1, 0.15) is 32.5 Å². The molecule has 0 aromatic carbocycles. The van der Waals surface area contributed by atoms with Crippen molar-refractivity contribution in [2.45, 2.75) is 90.1 Å². The minimum absolute atomic E-state index is 0.0205. The number of methoxy groups -OCH3 is 1. The van der Waals surface area contributed by atoms with Gasteiger partial charge in [0.15, 0.2) is 0 Å². The van der Waals surface area contributed by atoms with Crippen molar-refractivity contribution < 1.29 is 32.7 Å². The first kappa shape index (κ1) is 32.0. The number of thiol groups is 1. The summed E-state index contributed by atoms with van der Waals surface area (Å²) in [4.78, 5) is 24.2. The summed E-state index contributed by atoms with van der Waals surface area (Å²) in [6.45, 7) is 3.23. The van der Waals surface area contributed by atoms with E-state index in [1.807, 2.05) is 21.1 Å². The number of carbonyl (C=O) groups excluding carboxylic acids is 1. The number of carbonyl (C=O) groups is 1. The minimum Gasteiger partial charge on any atom is -0.622 e. The number of ether oxygens (including phenoxy) is 2.